The number of hydrogen-bond donors (Lipinski definition) is 0. The second-order valence-corrected chi connectivity index (χ2v) is 9.95. The molecule has 1 aliphatic rings. The molecule has 0 aromatic carbocycles. The average Bonchev–Trinajstić information content (AvgIpc) is 2.79. The number of aryl methyl sites for hydroxylation is 2. The smallest absolute Gasteiger partial charge is 0.134 e. The first kappa shape index (κ1) is 23.6. The third-order valence-electron chi connectivity index (χ3n) is 5.86. The first-order valence-electron chi connectivity index (χ1n) is 11.6. The second kappa shape index (κ2) is 9.37. The van der Waals surface area contributed by atoms with Crippen molar-refractivity contribution in [3.8, 4) is 11.4 Å². The highest BCUT2D eigenvalue weighted by atomic mass is 16.5. The highest BCUT2D eigenvalue weighted by molar-refractivity contribution is 5.67. The Morgan fingerprint density at radius 2 is 1.76 bits per heavy atom. The molecule has 6 nitrogen and oxygen atoms in total. The molecule has 4 rings (SSSR count). The summed E-state index contributed by atoms with van der Waals surface area (Å²) in [4.78, 5) is 20.8. The van der Waals surface area contributed by atoms with Gasteiger partial charge in [0.1, 0.15) is 18.2 Å². The molecule has 1 aliphatic heterocycles. The standard InChI is InChI=1S/C28H33N5O/c1-18-15-30-24(23-11-12-29-27(32-23)28(5,6)7)14-25(18)33-16-19(2)26(13-21(33)4)34-17-22-10-8-9-20(3)31-22/h8-15H,16-17H2,1-7H3. The van der Waals surface area contributed by atoms with Crippen molar-refractivity contribution in [1.29, 1.82) is 0 Å². The van der Waals surface area contributed by atoms with E-state index in [2.05, 4.69) is 73.5 Å². The van der Waals surface area contributed by atoms with E-state index in [1.54, 1.807) is 0 Å². The van der Waals surface area contributed by atoms with Crippen molar-refractivity contribution in [1.82, 2.24) is 19.9 Å². The van der Waals surface area contributed by atoms with Crippen LogP contribution in [0.15, 0.2) is 65.8 Å². The van der Waals surface area contributed by atoms with E-state index in [4.69, 9.17) is 9.72 Å². The first-order chi connectivity index (χ1) is 16.1. The van der Waals surface area contributed by atoms with E-state index in [0.29, 0.717) is 6.61 Å². The van der Waals surface area contributed by atoms with Crippen LogP contribution in [0.2, 0.25) is 0 Å². The number of rotatable bonds is 5. The molecule has 0 fully saturated rings. The van der Waals surface area contributed by atoms with Crippen LogP contribution in [-0.2, 0) is 16.8 Å². The van der Waals surface area contributed by atoms with Crippen LogP contribution >= 0.6 is 0 Å². The predicted octanol–water partition coefficient (Wildman–Crippen LogP) is 6.06. The molecule has 0 amide bonds. The number of anilines is 1. The minimum Gasteiger partial charge on any atom is -0.487 e. The molecule has 0 aliphatic carbocycles. The Hall–Kier alpha value is -3.54. The molecule has 3 aromatic heterocycles. The molecule has 0 unspecified atom stereocenters. The van der Waals surface area contributed by atoms with E-state index in [9.17, 15) is 0 Å². The van der Waals surface area contributed by atoms with Gasteiger partial charge in [0, 0.05) is 41.4 Å². The molecule has 3 aromatic rings. The highest BCUT2D eigenvalue weighted by Crippen LogP contribution is 2.32. The lowest BCUT2D eigenvalue weighted by molar-refractivity contribution is 0.202. The van der Waals surface area contributed by atoms with Crippen molar-refractivity contribution in [2.75, 3.05) is 11.4 Å². The van der Waals surface area contributed by atoms with Crippen LogP contribution in [0.5, 0.6) is 0 Å². The van der Waals surface area contributed by atoms with Crippen molar-refractivity contribution in [2.24, 2.45) is 0 Å². The molecule has 0 bridgehead atoms. The van der Waals surface area contributed by atoms with Crippen molar-refractivity contribution in [3.63, 3.8) is 0 Å². The van der Waals surface area contributed by atoms with Gasteiger partial charge in [0.05, 0.1) is 17.1 Å². The van der Waals surface area contributed by atoms with Gasteiger partial charge in [0.2, 0.25) is 0 Å². The number of nitrogens with zero attached hydrogens (tertiary/aromatic N) is 5. The quantitative estimate of drug-likeness (QED) is 0.466. The summed E-state index contributed by atoms with van der Waals surface area (Å²) < 4.78 is 6.14. The zero-order chi connectivity index (χ0) is 24.5. The maximum atomic E-state index is 6.14. The SMILES string of the molecule is CC1=CC(OCc2cccc(C)n2)=C(C)CN1c1cc(-c2ccnc(C(C)(C)C)n2)ncc1C. The first-order valence-corrected chi connectivity index (χ1v) is 11.6. The van der Waals surface area contributed by atoms with Gasteiger partial charge in [-0.25, -0.2) is 9.97 Å². The Labute approximate surface area is 202 Å². The highest BCUT2D eigenvalue weighted by Gasteiger charge is 2.22. The zero-order valence-electron chi connectivity index (χ0n) is 21.2. The molecule has 0 saturated carbocycles. The summed E-state index contributed by atoms with van der Waals surface area (Å²) in [7, 11) is 0. The molecule has 4 heterocycles. The Balaban J connectivity index is 1.58. The second-order valence-electron chi connectivity index (χ2n) is 9.95. The summed E-state index contributed by atoms with van der Waals surface area (Å²) in [5, 5.41) is 0. The van der Waals surface area contributed by atoms with Gasteiger partial charge in [-0.1, -0.05) is 26.8 Å². The molecule has 0 N–H and O–H groups in total. The number of hydrogen-bond acceptors (Lipinski definition) is 6. The number of pyridine rings is 2. The fourth-order valence-electron chi connectivity index (χ4n) is 3.91. The van der Waals surface area contributed by atoms with Gasteiger partial charge >= 0.3 is 0 Å². The predicted molar refractivity (Wildman–Crippen MR) is 136 cm³/mol. The normalized spacial score (nSPS) is 14.3. The topological polar surface area (TPSA) is 64.0 Å². The maximum absolute atomic E-state index is 6.14. The van der Waals surface area contributed by atoms with Gasteiger partial charge < -0.3 is 9.64 Å². The molecule has 34 heavy (non-hydrogen) atoms. The van der Waals surface area contributed by atoms with Gasteiger partial charge in [-0.15, -0.1) is 0 Å². The molecule has 0 saturated heterocycles. The average molecular weight is 456 g/mol. The number of allylic oxidation sites excluding steroid dienone is 2. The van der Waals surface area contributed by atoms with Gasteiger partial charge in [0.25, 0.3) is 0 Å². The van der Waals surface area contributed by atoms with Gasteiger partial charge in [-0.2, -0.15) is 0 Å². The molecule has 176 valence electrons. The molecule has 0 radical (unpaired) electrons. The summed E-state index contributed by atoms with van der Waals surface area (Å²) in [5.41, 5.74) is 8.01. The van der Waals surface area contributed by atoms with Crippen LogP contribution in [0.25, 0.3) is 11.4 Å². The van der Waals surface area contributed by atoms with Crippen LogP contribution in [0, 0.1) is 13.8 Å². The van der Waals surface area contributed by atoms with E-state index in [1.165, 1.54) is 5.57 Å². The fourth-order valence-corrected chi connectivity index (χ4v) is 3.91. The molecule has 6 heteroatoms. The van der Waals surface area contributed by atoms with Crippen LogP contribution < -0.4 is 4.90 Å². The van der Waals surface area contributed by atoms with Crippen LogP contribution in [0.3, 0.4) is 0 Å². The summed E-state index contributed by atoms with van der Waals surface area (Å²) >= 11 is 0. The van der Waals surface area contributed by atoms with E-state index in [-0.39, 0.29) is 5.41 Å². The third kappa shape index (κ3) is 5.16. The van der Waals surface area contributed by atoms with E-state index in [0.717, 1.165) is 57.9 Å². The van der Waals surface area contributed by atoms with Gasteiger partial charge in [-0.3, -0.25) is 9.97 Å². The fraction of sp³-hybridized carbons (Fsp3) is 0.357. The van der Waals surface area contributed by atoms with Crippen molar-refractivity contribution in [2.45, 2.75) is 60.5 Å². The van der Waals surface area contributed by atoms with Gasteiger partial charge in [0.15, 0.2) is 0 Å². The summed E-state index contributed by atoms with van der Waals surface area (Å²) in [6, 6.07) is 10.0. The van der Waals surface area contributed by atoms with E-state index >= 15 is 0 Å². The number of ether oxygens (including phenoxy) is 1. The summed E-state index contributed by atoms with van der Waals surface area (Å²) in [6.07, 6.45) is 5.84. The van der Waals surface area contributed by atoms with E-state index < -0.39 is 0 Å². The minimum absolute atomic E-state index is 0.123. The van der Waals surface area contributed by atoms with Crippen molar-refractivity contribution >= 4 is 5.69 Å². The van der Waals surface area contributed by atoms with E-state index in [1.807, 2.05) is 43.6 Å². The maximum Gasteiger partial charge on any atom is 0.134 e. The monoisotopic (exact) mass is 455 g/mol. The summed E-state index contributed by atoms with van der Waals surface area (Å²) in [5.74, 6) is 1.72. The van der Waals surface area contributed by atoms with Gasteiger partial charge in [-0.05, 0) is 69.2 Å². The Kier molecular flexibility index (Phi) is 6.51. The zero-order valence-corrected chi connectivity index (χ0v) is 21.2. The summed E-state index contributed by atoms with van der Waals surface area (Å²) in [6.45, 7) is 15.9. The number of aromatic nitrogens is 4. The third-order valence-corrected chi connectivity index (χ3v) is 5.86. The Morgan fingerprint density at radius 1 is 0.971 bits per heavy atom. The van der Waals surface area contributed by atoms with Crippen molar-refractivity contribution in [3.05, 3.63) is 88.6 Å². The van der Waals surface area contributed by atoms with Crippen LogP contribution in [0.1, 0.15) is 57.4 Å². The molecule has 0 spiro atoms. The molecular formula is C28H33N5O. The minimum atomic E-state index is -0.123. The lowest BCUT2D eigenvalue weighted by atomic mass is 9.95. The van der Waals surface area contributed by atoms with Crippen LogP contribution in [0.4, 0.5) is 5.69 Å². The Bertz CT molecular complexity index is 1270. The van der Waals surface area contributed by atoms with Crippen molar-refractivity contribution < 1.29 is 4.74 Å². The molecule has 0 atom stereocenters. The lowest BCUT2D eigenvalue weighted by Gasteiger charge is -2.32. The Morgan fingerprint density at radius 3 is 2.50 bits per heavy atom. The largest absolute Gasteiger partial charge is 0.487 e. The lowest BCUT2D eigenvalue weighted by Crippen LogP contribution is -2.28. The van der Waals surface area contributed by atoms with Crippen LogP contribution in [-0.4, -0.2) is 26.5 Å². The molecular weight excluding hydrogens is 422 g/mol.